The molecule has 0 aromatic heterocycles. The second-order valence-corrected chi connectivity index (χ2v) is 8.26. The summed E-state index contributed by atoms with van der Waals surface area (Å²) < 4.78 is 23.3. The van der Waals surface area contributed by atoms with Gasteiger partial charge in [0.1, 0.15) is 4.32 Å². The zero-order chi connectivity index (χ0) is 22.2. The molecule has 2 aromatic carbocycles. The van der Waals surface area contributed by atoms with E-state index in [-0.39, 0.29) is 5.91 Å². The van der Waals surface area contributed by atoms with Gasteiger partial charge in [0.25, 0.3) is 5.91 Å². The highest BCUT2D eigenvalue weighted by Crippen LogP contribution is 2.34. The minimum Gasteiger partial charge on any atom is -0.493 e. The quantitative estimate of drug-likeness (QED) is 0.288. The van der Waals surface area contributed by atoms with Crippen LogP contribution in [0.15, 0.2) is 47.4 Å². The van der Waals surface area contributed by atoms with Crippen LogP contribution in [0.4, 0.5) is 0 Å². The predicted molar refractivity (Wildman–Crippen MR) is 127 cm³/mol. The van der Waals surface area contributed by atoms with Gasteiger partial charge in [-0.2, -0.15) is 0 Å². The first-order valence-corrected chi connectivity index (χ1v) is 11.1. The van der Waals surface area contributed by atoms with E-state index in [0.29, 0.717) is 58.5 Å². The van der Waals surface area contributed by atoms with Crippen molar-refractivity contribution in [3.05, 3.63) is 52.9 Å². The summed E-state index contributed by atoms with van der Waals surface area (Å²) in [7, 11) is 3.30. The Kier molecular flexibility index (Phi) is 8.20. The second-order valence-electron chi connectivity index (χ2n) is 6.58. The van der Waals surface area contributed by atoms with E-state index in [1.54, 1.807) is 14.2 Å². The molecular weight excluding hydrogens is 434 g/mol. The molecule has 6 nitrogen and oxygen atoms in total. The highest BCUT2D eigenvalue weighted by Gasteiger charge is 2.28. The molecule has 1 fully saturated rings. The summed E-state index contributed by atoms with van der Waals surface area (Å²) in [5.74, 6) is 2.61. The van der Waals surface area contributed by atoms with E-state index in [2.05, 4.69) is 0 Å². The highest BCUT2D eigenvalue weighted by molar-refractivity contribution is 8.26. The Bertz CT molecular complexity index is 976. The van der Waals surface area contributed by atoms with Gasteiger partial charge in [0.15, 0.2) is 23.0 Å². The first-order chi connectivity index (χ1) is 15.0. The fraction of sp³-hybridized carbons (Fsp3) is 0.304. The number of nitrogens with zero attached hydrogens (tertiary/aromatic N) is 1. The van der Waals surface area contributed by atoms with E-state index in [4.69, 9.17) is 31.2 Å². The Hall–Kier alpha value is -2.71. The Morgan fingerprint density at radius 3 is 2.29 bits per heavy atom. The van der Waals surface area contributed by atoms with E-state index in [9.17, 15) is 4.79 Å². The van der Waals surface area contributed by atoms with E-state index in [1.165, 1.54) is 16.7 Å². The number of hydrogen-bond acceptors (Lipinski definition) is 7. The van der Waals surface area contributed by atoms with Gasteiger partial charge in [0.2, 0.25) is 0 Å². The predicted octanol–water partition coefficient (Wildman–Crippen LogP) is 4.77. The summed E-state index contributed by atoms with van der Waals surface area (Å²) in [4.78, 5) is 14.3. The third kappa shape index (κ3) is 5.92. The van der Waals surface area contributed by atoms with Crippen molar-refractivity contribution in [3.8, 4) is 23.0 Å². The Morgan fingerprint density at radius 1 is 1.00 bits per heavy atom. The first kappa shape index (κ1) is 23.0. The number of para-hydroxylation sites is 2. The Labute approximate surface area is 192 Å². The van der Waals surface area contributed by atoms with Crippen molar-refractivity contribution >= 4 is 40.3 Å². The molecule has 1 aliphatic heterocycles. The van der Waals surface area contributed by atoms with Gasteiger partial charge in [-0.05, 0) is 42.8 Å². The van der Waals surface area contributed by atoms with Crippen LogP contribution in [-0.4, -0.2) is 49.1 Å². The van der Waals surface area contributed by atoms with Crippen LogP contribution in [0.5, 0.6) is 23.0 Å². The van der Waals surface area contributed by atoms with Crippen molar-refractivity contribution < 1.29 is 23.7 Å². The number of ether oxygens (including phenoxy) is 4. The molecule has 1 saturated heterocycles. The van der Waals surface area contributed by atoms with Crippen LogP contribution in [0.25, 0.3) is 6.08 Å². The lowest BCUT2D eigenvalue weighted by molar-refractivity contribution is -0.121. The summed E-state index contributed by atoms with van der Waals surface area (Å²) in [5.41, 5.74) is 0.851. The van der Waals surface area contributed by atoms with Crippen molar-refractivity contribution in [1.29, 1.82) is 0 Å². The number of likely N-dealkylation sites (N-methyl/N-ethyl adjacent to an activating group) is 1. The molecule has 0 N–H and O–H groups in total. The standard InChI is InChI=1S/C23H25NO5S2/c1-4-27-20-14-16(15-21-22(25)24(2)23(30)31-21)10-11-19(20)29-13-7-12-28-18-9-6-5-8-17(18)26-3/h5-6,8-11,14-15H,4,7,12-13H2,1-3H3/b21-15-. The fourth-order valence-electron chi connectivity index (χ4n) is 2.86. The molecular formula is C23H25NO5S2. The molecule has 1 amide bonds. The largest absolute Gasteiger partial charge is 0.493 e. The van der Waals surface area contributed by atoms with Crippen molar-refractivity contribution in [2.24, 2.45) is 0 Å². The van der Waals surface area contributed by atoms with Gasteiger partial charge in [-0.1, -0.05) is 42.2 Å². The topological polar surface area (TPSA) is 57.2 Å². The van der Waals surface area contributed by atoms with Gasteiger partial charge in [-0.25, -0.2) is 0 Å². The zero-order valence-electron chi connectivity index (χ0n) is 17.8. The van der Waals surface area contributed by atoms with Gasteiger partial charge >= 0.3 is 0 Å². The highest BCUT2D eigenvalue weighted by atomic mass is 32.2. The average molecular weight is 460 g/mol. The van der Waals surface area contributed by atoms with E-state index in [0.717, 1.165) is 5.56 Å². The number of carbonyl (C=O) groups is 1. The lowest BCUT2D eigenvalue weighted by Gasteiger charge is -2.13. The summed E-state index contributed by atoms with van der Waals surface area (Å²) >= 11 is 6.47. The Balaban J connectivity index is 1.58. The number of hydrogen-bond donors (Lipinski definition) is 0. The number of benzene rings is 2. The fourth-order valence-corrected chi connectivity index (χ4v) is 4.04. The van der Waals surface area contributed by atoms with Gasteiger partial charge in [0, 0.05) is 13.5 Å². The van der Waals surface area contributed by atoms with E-state index in [1.807, 2.05) is 55.5 Å². The van der Waals surface area contributed by atoms with Crippen molar-refractivity contribution in [1.82, 2.24) is 4.90 Å². The number of rotatable bonds is 10. The van der Waals surface area contributed by atoms with Gasteiger partial charge in [-0.3, -0.25) is 9.69 Å². The second kappa shape index (κ2) is 11.1. The average Bonchev–Trinajstić information content (AvgIpc) is 3.01. The maximum Gasteiger partial charge on any atom is 0.265 e. The maximum absolute atomic E-state index is 12.2. The molecule has 1 aliphatic rings. The zero-order valence-corrected chi connectivity index (χ0v) is 19.4. The van der Waals surface area contributed by atoms with Crippen LogP contribution in [0.1, 0.15) is 18.9 Å². The minimum atomic E-state index is -0.0941. The molecule has 0 unspecified atom stereocenters. The van der Waals surface area contributed by atoms with Crippen molar-refractivity contribution in [2.75, 3.05) is 34.0 Å². The molecule has 1 heterocycles. The van der Waals surface area contributed by atoms with Crippen LogP contribution in [0, 0.1) is 0 Å². The molecule has 8 heteroatoms. The summed E-state index contributed by atoms with van der Waals surface area (Å²) in [6, 6.07) is 13.2. The monoisotopic (exact) mass is 459 g/mol. The van der Waals surface area contributed by atoms with E-state index >= 15 is 0 Å². The summed E-state index contributed by atoms with van der Waals surface area (Å²) in [6.45, 7) is 3.40. The number of thioether (sulfide) groups is 1. The lowest BCUT2D eigenvalue weighted by Crippen LogP contribution is -2.22. The summed E-state index contributed by atoms with van der Waals surface area (Å²) in [6.07, 6.45) is 2.51. The molecule has 0 atom stereocenters. The molecule has 2 aromatic rings. The third-order valence-electron chi connectivity index (χ3n) is 4.42. The minimum absolute atomic E-state index is 0.0941. The first-order valence-electron chi connectivity index (χ1n) is 9.90. The van der Waals surface area contributed by atoms with E-state index < -0.39 is 0 Å². The van der Waals surface area contributed by atoms with Crippen molar-refractivity contribution in [2.45, 2.75) is 13.3 Å². The van der Waals surface area contributed by atoms with Gasteiger partial charge in [0.05, 0.1) is 31.8 Å². The lowest BCUT2D eigenvalue weighted by atomic mass is 10.2. The smallest absolute Gasteiger partial charge is 0.265 e. The third-order valence-corrected chi connectivity index (χ3v) is 5.91. The van der Waals surface area contributed by atoms with Crippen molar-refractivity contribution in [3.63, 3.8) is 0 Å². The molecule has 0 radical (unpaired) electrons. The van der Waals surface area contributed by atoms with Crippen LogP contribution >= 0.6 is 24.0 Å². The molecule has 164 valence electrons. The molecule has 0 saturated carbocycles. The molecule has 0 aliphatic carbocycles. The molecule has 3 rings (SSSR count). The number of carbonyl (C=O) groups excluding carboxylic acids is 1. The van der Waals surface area contributed by atoms with Gasteiger partial charge in [-0.15, -0.1) is 0 Å². The van der Waals surface area contributed by atoms with Crippen LogP contribution in [0.2, 0.25) is 0 Å². The normalized spacial score (nSPS) is 14.8. The number of thiocarbonyl (C=S) groups is 1. The molecule has 0 bridgehead atoms. The maximum atomic E-state index is 12.2. The molecule has 31 heavy (non-hydrogen) atoms. The Morgan fingerprint density at radius 2 is 1.68 bits per heavy atom. The van der Waals surface area contributed by atoms with Crippen LogP contribution < -0.4 is 18.9 Å². The number of amides is 1. The van der Waals surface area contributed by atoms with Crippen LogP contribution in [0.3, 0.4) is 0 Å². The molecule has 0 spiro atoms. The van der Waals surface area contributed by atoms with Gasteiger partial charge < -0.3 is 18.9 Å². The summed E-state index contributed by atoms with van der Waals surface area (Å²) in [5, 5.41) is 0. The van der Waals surface area contributed by atoms with Crippen LogP contribution in [-0.2, 0) is 4.79 Å². The number of methoxy groups -OCH3 is 1. The SMILES string of the molecule is CCOc1cc(/C=C2\SC(=S)N(C)C2=O)ccc1OCCCOc1ccccc1OC.